The molecule has 1 aliphatic carbocycles. The van der Waals surface area contributed by atoms with E-state index in [9.17, 15) is 0 Å². The van der Waals surface area contributed by atoms with Crippen molar-refractivity contribution in [1.29, 1.82) is 0 Å². The van der Waals surface area contributed by atoms with Crippen LogP contribution in [0.5, 0.6) is 0 Å². The second kappa shape index (κ2) is 8.15. The lowest BCUT2D eigenvalue weighted by Crippen LogP contribution is -2.56. The van der Waals surface area contributed by atoms with Crippen molar-refractivity contribution in [1.82, 2.24) is 9.80 Å². The highest BCUT2D eigenvalue weighted by molar-refractivity contribution is 4.91. The van der Waals surface area contributed by atoms with E-state index in [2.05, 4.69) is 65.2 Å². The first kappa shape index (κ1) is 20.0. The molecule has 0 aliphatic heterocycles. The highest BCUT2D eigenvalue weighted by Gasteiger charge is 2.35. The number of likely N-dealkylation sites (N-methyl/N-ethyl adjacent to an activating group) is 2. The van der Waals surface area contributed by atoms with Crippen molar-refractivity contribution < 1.29 is 0 Å². The van der Waals surface area contributed by atoms with Gasteiger partial charge >= 0.3 is 0 Å². The van der Waals surface area contributed by atoms with E-state index < -0.39 is 0 Å². The fraction of sp³-hybridized carbons (Fsp3) is 1.00. The van der Waals surface area contributed by atoms with Crippen LogP contribution in [0.3, 0.4) is 0 Å². The smallest absolute Gasteiger partial charge is 0.0251 e. The number of hydrogen-bond acceptors (Lipinski definition) is 2. The average molecular weight is 311 g/mol. The lowest BCUT2D eigenvalue weighted by Gasteiger charge is -2.47. The number of nitrogens with zero attached hydrogens (tertiary/aromatic N) is 2. The van der Waals surface area contributed by atoms with Crippen molar-refractivity contribution in [2.75, 3.05) is 26.2 Å². The van der Waals surface area contributed by atoms with Gasteiger partial charge in [0.05, 0.1) is 0 Å². The molecule has 0 bridgehead atoms. The van der Waals surface area contributed by atoms with Crippen molar-refractivity contribution in [2.24, 2.45) is 10.8 Å². The molecule has 0 saturated heterocycles. The van der Waals surface area contributed by atoms with Crippen LogP contribution in [0.15, 0.2) is 0 Å². The summed E-state index contributed by atoms with van der Waals surface area (Å²) in [6.45, 7) is 23.8. The summed E-state index contributed by atoms with van der Waals surface area (Å²) in [5.41, 5.74) is 0.776. The largest absolute Gasteiger partial charge is 0.299 e. The van der Waals surface area contributed by atoms with E-state index in [-0.39, 0.29) is 0 Å². The van der Waals surface area contributed by atoms with Gasteiger partial charge in [0.2, 0.25) is 0 Å². The van der Waals surface area contributed by atoms with Gasteiger partial charge in [-0.15, -0.1) is 0 Å². The molecule has 0 N–H and O–H groups in total. The fourth-order valence-corrected chi connectivity index (χ4v) is 4.09. The lowest BCUT2D eigenvalue weighted by molar-refractivity contribution is 0.0217. The zero-order chi connectivity index (χ0) is 17.0. The lowest BCUT2D eigenvalue weighted by atomic mass is 9.84. The van der Waals surface area contributed by atoms with Gasteiger partial charge < -0.3 is 0 Å². The molecule has 2 heteroatoms. The Morgan fingerprint density at radius 1 is 0.682 bits per heavy atom. The van der Waals surface area contributed by atoms with E-state index in [0.717, 1.165) is 12.1 Å². The molecule has 0 aromatic carbocycles. The summed E-state index contributed by atoms with van der Waals surface area (Å²) in [7, 11) is 0. The third kappa shape index (κ3) is 6.58. The molecule has 0 amide bonds. The van der Waals surface area contributed by atoms with Crippen LogP contribution >= 0.6 is 0 Å². The minimum atomic E-state index is 0.388. The Bertz CT molecular complexity index is 279. The quantitative estimate of drug-likeness (QED) is 0.678. The van der Waals surface area contributed by atoms with Crippen molar-refractivity contribution in [3.63, 3.8) is 0 Å². The van der Waals surface area contributed by atoms with E-state index in [1.165, 1.54) is 51.9 Å². The molecule has 22 heavy (non-hydrogen) atoms. The molecule has 2 nitrogen and oxygen atoms in total. The van der Waals surface area contributed by atoms with Crippen molar-refractivity contribution in [3.05, 3.63) is 0 Å². The molecular formula is C20H42N2. The molecule has 0 spiro atoms. The Morgan fingerprint density at radius 2 is 1.00 bits per heavy atom. The van der Waals surface area contributed by atoms with Crippen LogP contribution in [0.4, 0.5) is 0 Å². The van der Waals surface area contributed by atoms with Gasteiger partial charge in [-0.25, -0.2) is 0 Å². The van der Waals surface area contributed by atoms with Gasteiger partial charge in [0.25, 0.3) is 0 Å². The van der Waals surface area contributed by atoms with Gasteiger partial charge in [0.15, 0.2) is 0 Å². The molecule has 0 unspecified atom stereocenters. The Labute approximate surface area is 140 Å². The van der Waals surface area contributed by atoms with Crippen LogP contribution in [0, 0.1) is 10.8 Å². The molecule has 0 aromatic heterocycles. The predicted molar refractivity (Wildman–Crippen MR) is 99.4 cm³/mol. The van der Waals surface area contributed by atoms with Gasteiger partial charge in [-0.3, -0.25) is 9.80 Å². The molecule has 1 rings (SSSR count). The van der Waals surface area contributed by atoms with Crippen LogP contribution < -0.4 is 0 Å². The number of hydrogen-bond donors (Lipinski definition) is 0. The Kier molecular flexibility index (Phi) is 7.39. The SMILES string of the molecule is CCN(CC(C)(C)C)[C@@H]1CCCC[C@H]1N(CC)CC(C)(C)C. The third-order valence-electron chi connectivity index (χ3n) is 4.80. The first-order valence-corrected chi connectivity index (χ1v) is 9.55. The van der Waals surface area contributed by atoms with Gasteiger partial charge in [0.1, 0.15) is 0 Å². The first-order chi connectivity index (χ1) is 10.1. The summed E-state index contributed by atoms with van der Waals surface area (Å²) < 4.78 is 0. The first-order valence-electron chi connectivity index (χ1n) is 9.55. The predicted octanol–water partition coefficient (Wildman–Crippen LogP) is 5.03. The topological polar surface area (TPSA) is 6.48 Å². The molecule has 0 aromatic rings. The minimum Gasteiger partial charge on any atom is -0.299 e. The van der Waals surface area contributed by atoms with Crippen molar-refractivity contribution in [2.45, 2.75) is 93.2 Å². The van der Waals surface area contributed by atoms with Gasteiger partial charge in [-0.05, 0) is 36.8 Å². The van der Waals surface area contributed by atoms with Crippen molar-refractivity contribution in [3.8, 4) is 0 Å². The molecule has 2 atom stereocenters. The molecule has 1 saturated carbocycles. The van der Waals surface area contributed by atoms with Gasteiger partial charge in [-0.2, -0.15) is 0 Å². The standard InChI is InChI=1S/C20H42N2/c1-9-21(15-19(3,4)5)17-13-11-12-14-18(17)22(10-2)16-20(6,7)8/h17-18H,9-16H2,1-8H3/t17-,18-/m1/s1. The summed E-state index contributed by atoms with van der Waals surface area (Å²) in [5, 5.41) is 0. The van der Waals surface area contributed by atoms with Crippen LogP contribution in [-0.4, -0.2) is 48.1 Å². The van der Waals surface area contributed by atoms with Crippen LogP contribution in [0.1, 0.15) is 81.1 Å². The molecule has 1 aliphatic rings. The number of rotatable bonds is 6. The Hall–Kier alpha value is -0.0800. The summed E-state index contributed by atoms with van der Waals surface area (Å²) in [5.74, 6) is 0. The zero-order valence-electron chi connectivity index (χ0n) is 16.7. The summed E-state index contributed by atoms with van der Waals surface area (Å²) in [6.07, 6.45) is 5.59. The second-order valence-electron chi connectivity index (χ2n) is 9.67. The maximum Gasteiger partial charge on any atom is 0.0251 e. The van der Waals surface area contributed by atoms with Crippen LogP contribution in [0.2, 0.25) is 0 Å². The van der Waals surface area contributed by atoms with Gasteiger partial charge in [0, 0.05) is 25.2 Å². The molecule has 1 fully saturated rings. The minimum absolute atomic E-state index is 0.388. The third-order valence-corrected chi connectivity index (χ3v) is 4.80. The van der Waals surface area contributed by atoms with E-state index in [1.54, 1.807) is 0 Å². The summed E-state index contributed by atoms with van der Waals surface area (Å²) in [4.78, 5) is 5.55. The summed E-state index contributed by atoms with van der Waals surface area (Å²) in [6, 6.07) is 1.50. The van der Waals surface area contributed by atoms with Crippen LogP contribution in [-0.2, 0) is 0 Å². The van der Waals surface area contributed by atoms with E-state index >= 15 is 0 Å². The molecule has 0 radical (unpaired) electrons. The molecule has 0 heterocycles. The fourth-order valence-electron chi connectivity index (χ4n) is 4.09. The maximum atomic E-state index is 2.77. The van der Waals surface area contributed by atoms with Crippen molar-refractivity contribution >= 4 is 0 Å². The summed E-state index contributed by atoms with van der Waals surface area (Å²) >= 11 is 0. The highest BCUT2D eigenvalue weighted by Crippen LogP contribution is 2.31. The zero-order valence-corrected chi connectivity index (χ0v) is 16.7. The van der Waals surface area contributed by atoms with Gasteiger partial charge in [-0.1, -0.05) is 68.2 Å². The van der Waals surface area contributed by atoms with Crippen LogP contribution in [0.25, 0.3) is 0 Å². The Morgan fingerprint density at radius 3 is 1.23 bits per heavy atom. The second-order valence-corrected chi connectivity index (χ2v) is 9.67. The van der Waals surface area contributed by atoms with E-state index in [4.69, 9.17) is 0 Å². The average Bonchev–Trinajstić information content (AvgIpc) is 2.40. The normalized spacial score (nSPS) is 24.3. The Balaban J connectivity index is 2.88. The monoisotopic (exact) mass is 310 g/mol. The highest BCUT2D eigenvalue weighted by atomic mass is 15.2. The van der Waals surface area contributed by atoms with E-state index in [0.29, 0.717) is 10.8 Å². The van der Waals surface area contributed by atoms with E-state index in [1.807, 2.05) is 0 Å². The maximum absolute atomic E-state index is 2.77. The molecule has 132 valence electrons. The molecular weight excluding hydrogens is 268 g/mol.